The molecule has 0 bridgehead atoms. The van der Waals surface area contributed by atoms with Crippen LogP contribution in [-0.4, -0.2) is 40.5 Å². The molecule has 3 heterocycles. The van der Waals surface area contributed by atoms with E-state index in [0.717, 1.165) is 12.1 Å². The van der Waals surface area contributed by atoms with Crippen LogP contribution in [-0.2, 0) is 6.18 Å². The van der Waals surface area contributed by atoms with E-state index in [4.69, 9.17) is 5.73 Å². The predicted molar refractivity (Wildman–Crippen MR) is 120 cm³/mol. The number of amides is 2. The van der Waals surface area contributed by atoms with Gasteiger partial charge in [0.05, 0.1) is 29.3 Å². The molecule has 14 heteroatoms. The minimum absolute atomic E-state index is 0.0957. The first-order valence-electron chi connectivity index (χ1n) is 9.99. The molecule has 0 aliphatic heterocycles. The molecule has 5 rings (SSSR count). The lowest BCUT2D eigenvalue weighted by molar-refractivity contribution is -0.137. The Labute approximate surface area is 194 Å². The van der Waals surface area contributed by atoms with Crippen LogP contribution in [0, 0.1) is 0 Å². The molecule has 3 aromatic heterocycles. The molecule has 176 valence electrons. The molecule has 11 nitrogen and oxygen atoms in total. The maximum absolute atomic E-state index is 13.2. The van der Waals surface area contributed by atoms with E-state index in [1.807, 2.05) is 0 Å². The highest BCUT2D eigenvalue weighted by Crippen LogP contribution is 2.33. The van der Waals surface area contributed by atoms with Gasteiger partial charge in [0.25, 0.3) is 0 Å². The van der Waals surface area contributed by atoms with Crippen LogP contribution in [0.5, 0.6) is 0 Å². The first kappa shape index (κ1) is 21.8. The normalized spacial score (nSPS) is 11.5. The molecule has 2 amide bonds. The number of halogens is 3. The van der Waals surface area contributed by atoms with E-state index in [9.17, 15) is 18.0 Å². The summed E-state index contributed by atoms with van der Waals surface area (Å²) in [6, 6.07) is 8.85. The number of nitrogens with two attached hydrogens (primary N) is 1. The number of hydrogen-bond donors (Lipinski definition) is 3. The minimum atomic E-state index is -4.59. The number of aromatic nitrogens is 7. The van der Waals surface area contributed by atoms with Crippen molar-refractivity contribution in [3.05, 3.63) is 73.1 Å². The van der Waals surface area contributed by atoms with Gasteiger partial charge in [0.2, 0.25) is 0 Å². The molecule has 0 aliphatic rings. The second kappa shape index (κ2) is 8.40. The van der Waals surface area contributed by atoms with Gasteiger partial charge in [-0.2, -0.15) is 13.2 Å². The summed E-state index contributed by atoms with van der Waals surface area (Å²) in [4.78, 5) is 24.9. The average Bonchev–Trinajstić information content (AvgIpc) is 3.50. The van der Waals surface area contributed by atoms with E-state index in [0.29, 0.717) is 22.5 Å². The summed E-state index contributed by atoms with van der Waals surface area (Å²) >= 11 is 0. The summed E-state index contributed by atoms with van der Waals surface area (Å²) in [5, 5.41) is 12.5. The van der Waals surface area contributed by atoms with Gasteiger partial charge in [-0.25, -0.2) is 24.4 Å². The number of carbonyl (C=O) groups excluding carboxylic acids is 1. The summed E-state index contributed by atoms with van der Waals surface area (Å²) in [7, 11) is 0. The van der Waals surface area contributed by atoms with Crippen molar-refractivity contribution in [2.75, 3.05) is 16.4 Å². The van der Waals surface area contributed by atoms with Crippen molar-refractivity contribution in [3.63, 3.8) is 0 Å². The molecule has 0 atom stereocenters. The molecule has 0 fully saturated rings. The monoisotopic (exact) mass is 480 g/mol. The molecule has 35 heavy (non-hydrogen) atoms. The van der Waals surface area contributed by atoms with Crippen LogP contribution in [0.2, 0.25) is 0 Å². The van der Waals surface area contributed by atoms with Crippen LogP contribution in [0.3, 0.4) is 0 Å². The van der Waals surface area contributed by atoms with Crippen LogP contribution in [0.25, 0.3) is 22.5 Å². The topological polar surface area (TPSA) is 141 Å². The lowest BCUT2D eigenvalue weighted by Gasteiger charge is -2.15. The third-order valence-electron chi connectivity index (χ3n) is 5.01. The number of nitrogens with zero attached hydrogens (tertiary/aromatic N) is 7. The molecule has 5 aromatic rings. The quantitative estimate of drug-likeness (QED) is 0.357. The summed E-state index contributed by atoms with van der Waals surface area (Å²) < 4.78 is 42.6. The van der Waals surface area contributed by atoms with Gasteiger partial charge in [0.15, 0.2) is 17.0 Å². The number of benzene rings is 2. The Balaban J connectivity index is 1.36. The first-order valence-corrected chi connectivity index (χ1v) is 9.99. The van der Waals surface area contributed by atoms with Gasteiger partial charge in [0.1, 0.15) is 12.7 Å². The number of carbonyl (C=O) groups is 1. The fraction of sp³-hybridized carbons (Fsp3) is 0.0476. The highest BCUT2D eigenvalue weighted by molar-refractivity contribution is 6.01. The summed E-state index contributed by atoms with van der Waals surface area (Å²) in [5.74, 6) is 0.253. The number of alkyl halides is 3. The van der Waals surface area contributed by atoms with Crippen molar-refractivity contribution >= 4 is 34.4 Å². The van der Waals surface area contributed by atoms with Gasteiger partial charge in [-0.15, -0.1) is 5.10 Å². The van der Waals surface area contributed by atoms with E-state index >= 15 is 0 Å². The van der Waals surface area contributed by atoms with Crippen LogP contribution >= 0.6 is 0 Å². The van der Waals surface area contributed by atoms with Crippen LogP contribution < -0.4 is 16.4 Å². The van der Waals surface area contributed by atoms with Crippen molar-refractivity contribution < 1.29 is 18.0 Å². The zero-order valence-electron chi connectivity index (χ0n) is 17.6. The fourth-order valence-corrected chi connectivity index (χ4v) is 3.38. The molecule has 0 saturated carbocycles. The predicted octanol–water partition coefficient (Wildman–Crippen LogP) is 3.64. The molecule has 2 aromatic carbocycles. The Morgan fingerprint density at radius 1 is 1.00 bits per heavy atom. The number of imidazole rings is 1. The Hall–Kier alpha value is -5.01. The lowest BCUT2D eigenvalue weighted by atomic mass is 10.1. The number of nitrogens with one attached hydrogen (secondary N) is 2. The van der Waals surface area contributed by atoms with Gasteiger partial charge in [-0.1, -0.05) is 5.21 Å². The Bertz CT molecular complexity index is 1510. The van der Waals surface area contributed by atoms with Gasteiger partial charge < -0.3 is 16.4 Å². The minimum Gasteiger partial charge on any atom is -0.382 e. The Morgan fingerprint density at radius 2 is 1.80 bits per heavy atom. The van der Waals surface area contributed by atoms with Gasteiger partial charge in [-0.3, -0.25) is 4.57 Å². The van der Waals surface area contributed by atoms with E-state index in [2.05, 4.69) is 35.9 Å². The summed E-state index contributed by atoms with van der Waals surface area (Å²) in [6.45, 7) is 0. The lowest BCUT2D eigenvalue weighted by Crippen LogP contribution is -2.21. The van der Waals surface area contributed by atoms with Gasteiger partial charge in [-0.05, 0) is 42.5 Å². The van der Waals surface area contributed by atoms with E-state index < -0.39 is 17.8 Å². The van der Waals surface area contributed by atoms with Crippen molar-refractivity contribution in [1.82, 2.24) is 34.5 Å². The number of rotatable bonds is 4. The molecule has 0 saturated heterocycles. The summed E-state index contributed by atoms with van der Waals surface area (Å²) in [5.41, 5.74) is 7.09. The standard InChI is InChI=1S/C21H15F3N10O/c22-21(23,24)12-1-6-16(34-8-7-29-32-34)15(9-12)31-20(35)30-13-2-4-14(5-3-13)33-11-28-17-18(25)26-10-27-19(17)33/h1-11H,(H2,25,26,27)(H2,30,31,35). The average molecular weight is 480 g/mol. The van der Waals surface area contributed by atoms with E-state index in [-0.39, 0.29) is 17.2 Å². The SMILES string of the molecule is Nc1ncnc2c1ncn2-c1ccc(NC(=O)Nc2cc(C(F)(F)F)ccc2-n2ccnn2)cc1. The van der Waals surface area contributed by atoms with E-state index in [1.165, 1.54) is 29.5 Å². The second-order valence-electron chi connectivity index (χ2n) is 7.25. The van der Waals surface area contributed by atoms with Crippen molar-refractivity contribution in [3.8, 4) is 11.4 Å². The number of urea groups is 1. The zero-order chi connectivity index (χ0) is 24.6. The molecule has 4 N–H and O–H groups in total. The maximum atomic E-state index is 13.2. The maximum Gasteiger partial charge on any atom is 0.416 e. The fourth-order valence-electron chi connectivity index (χ4n) is 3.38. The molecule has 0 unspecified atom stereocenters. The van der Waals surface area contributed by atoms with Crippen LogP contribution in [0.15, 0.2) is 67.5 Å². The molecule has 0 radical (unpaired) electrons. The number of nitrogen functional groups attached to an aromatic ring is 1. The van der Waals surface area contributed by atoms with Crippen molar-refractivity contribution in [2.45, 2.75) is 6.18 Å². The highest BCUT2D eigenvalue weighted by atomic mass is 19.4. The molecular weight excluding hydrogens is 465 g/mol. The molecular formula is C21H15F3N10O. The molecule has 0 spiro atoms. The largest absolute Gasteiger partial charge is 0.416 e. The van der Waals surface area contributed by atoms with E-state index in [1.54, 1.807) is 35.2 Å². The molecule has 0 aliphatic carbocycles. The zero-order valence-corrected chi connectivity index (χ0v) is 17.6. The van der Waals surface area contributed by atoms with Crippen molar-refractivity contribution in [1.29, 1.82) is 0 Å². The second-order valence-corrected chi connectivity index (χ2v) is 7.25. The van der Waals surface area contributed by atoms with Crippen molar-refractivity contribution in [2.24, 2.45) is 0 Å². The number of hydrogen-bond acceptors (Lipinski definition) is 7. The Kier molecular flexibility index (Phi) is 5.24. The number of fused-ring (bicyclic) bond motifs is 1. The third-order valence-corrected chi connectivity index (χ3v) is 5.01. The first-order chi connectivity index (χ1) is 16.8. The van der Waals surface area contributed by atoms with Gasteiger partial charge in [0, 0.05) is 11.4 Å². The smallest absolute Gasteiger partial charge is 0.382 e. The third kappa shape index (κ3) is 4.31. The Morgan fingerprint density at radius 3 is 2.51 bits per heavy atom. The summed E-state index contributed by atoms with van der Waals surface area (Å²) in [6.07, 6.45) is 1.11. The number of anilines is 3. The van der Waals surface area contributed by atoms with Gasteiger partial charge >= 0.3 is 12.2 Å². The van der Waals surface area contributed by atoms with Crippen LogP contribution in [0.4, 0.5) is 35.2 Å². The van der Waals surface area contributed by atoms with Crippen LogP contribution in [0.1, 0.15) is 5.56 Å². The highest BCUT2D eigenvalue weighted by Gasteiger charge is 2.31.